The lowest BCUT2D eigenvalue weighted by atomic mass is 9.94. The Hall–Kier alpha value is -1.94. The molecule has 2 heterocycles. The highest BCUT2D eigenvalue weighted by atomic mass is 32.1. The summed E-state index contributed by atoms with van der Waals surface area (Å²) < 4.78 is 29.8. The van der Waals surface area contributed by atoms with Crippen LogP contribution in [0.4, 0.5) is 0 Å². The Morgan fingerprint density at radius 2 is 2.04 bits per heavy atom. The number of aliphatic hydroxyl groups excluding tert-OH is 1. The van der Waals surface area contributed by atoms with Crippen molar-refractivity contribution in [3.63, 3.8) is 0 Å². The number of aromatic nitrogens is 2. The summed E-state index contributed by atoms with van der Waals surface area (Å²) in [6.07, 6.45) is -3.00. The zero-order chi connectivity index (χ0) is 20.5. The van der Waals surface area contributed by atoms with E-state index in [2.05, 4.69) is 4.98 Å². The van der Waals surface area contributed by atoms with Crippen LogP contribution in [0, 0.1) is 4.77 Å². The zero-order valence-electron chi connectivity index (χ0n) is 15.1. The zero-order valence-corrected chi connectivity index (χ0v) is 16.8. The first kappa shape index (κ1) is 20.8. The number of para-hydroxylation sites is 1. The second-order valence-corrected chi connectivity index (χ2v) is 7.81. The second-order valence-electron chi connectivity index (χ2n) is 6.58. The van der Waals surface area contributed by atoms with Crippen LogP contribution in [-0.4, -0.2) is 43.7 Å². The lowest BCUT2D eigenvalue weighted by Gasteiger charge is -2.28. The SMILES string of the molecule is CC(O[P+](=O)Oc1ccccc1)C1OC(n2ccc(=O)[nH]c2=S)C(C)(O)C1O. The molecule has 1 aliphatic rings. The topological polar surface area (TPSA) is 123 Å². The highest BCUT2D eigenvalue weighted by Gasteiger charge is 2.56. The fourth-order valence-electron chi connectivity index (χ4n) is 2.95. The van der Waals surface area contributed by atoms with Gasteiger partial charge in [-0.25, -0.2) is 4.52 Å². The molecule has 0 saturated carbocycles. The summed E-state index contributed by atoms with van der Waals surface area (Å²) in [7, 11) is -2.54. The molecule has 3 rings (SSSR count). The molecule has 1 aromatic carbocycles. The van der Waals surface area contributed by atoms with Gasteiger partial charge in [-0.3, -0.25) is 14.3 Å². The van der Waals surface area contributed by atoms with Gasteiger partial charge in [0, 0.05) is 16.8 Å². The van der Waals surface area contributed by atoms with Crippen molar-refractivity contribution in [3.05, 3.63) is 57.7 Å². The van der Waals surface area contributed by atoms with E-state index in [4.69, 9.17) is 26.0 Å². The van der Waals surface area contributed by atoms with Crippen molar-refractivity contribution in [2.45, 2.75) is 44.0 Å². The van der Waals surface area contributed by atoms with E-state index >= 15 is 0 Å². The van der Waals surface area contributed by atoms with Crippen molar-refractivity contribution in [2.75, 3.05) is 0 Å². The highest BCUT2D eigenvalue weighted by Crippen LogP contribution is 2.41. The lowest BCUT2D eigenvalue weighted by Crippen LogP contribution is -2.46. The number of nitrogens with one attached hydrogen (secondary N) is 1. The van der Waals surface area contributed by atoms with Gasteiger partial charge in [0.1, 0.15) is 23.9 Å². The molecule has 0 bridgehead atoms. The molecule has 0 spiro atoms. The van der Waals surface area contributed by atoms with Crippen molar-refractivity contribution in [3.8, 4) is 5.75 Å². The quantitative estimate of drug-likeness (QED) is 0.473. The number of hydrogen-bond acceptors (Lipinski definition) is 8. The van der Waals surface area contributed by atoms with Crippen LogP contribution < -0.4 is 10.1 Å². The van der Waals surface area contributed by atoms with Gasteiger partial charge in [0.25, 0.3) is 5.56 Å². The van der Waals surface area contributed by atoms with Gasteiger partial charge in [-0.2, -0.15) is 0 Å². The summed E-state index contributed by atoms with van der Waals surface area (Å²) in [6, 6.07) is 9.71. The Bertz CT molecular complexity index is 962. The summed E-state index contributed by atoms with van der Waals surface area (Å²) in [5.74, 6) is 0.369. The molecule has 0 amide bonds. The monoisotopic (exact) mass is 427 g/mol. The number of nitrogens with zero attached hydrogens (tertiary/aromatic N) is 1. The predicted molar refractivity (Wildman–Crippen MR) is 102 cm³/mol. The van der Waals surface area contributed by atoms with Crippen molar-refractivity contribution >= 4 is 20.5 Å². The molecule has 1 fully saturated rings. The molecule has 150 valence electrons. The minimum Gasteiger partial charge on any atom is -0.387 e. The highest BCUT2D eigenvalue weighted by molar-refractivity contribution is 7.71. The summed E-state index contributed by atoms with van der Waals surface area (Å²) >= 11 is 5.10. The van der Waals surface area contributed by atoms with E-state index in [1.165, 1.54) is 23.8 Å². The molecule has 11 heteroatoms. The van der Waals surface area contributed by atoms with Gasteiger partial charge in [0.2, 0.25) is 0 Å². The molecular formula is C17H20N2O7PS+. The molecule has 1 saturated heterocycles. The van der Waals surface area contributed by atoms with Crippen LogP contribution in [0.15, 0.2) is 47.4 Å². The number of aliphatic hydroxyl groups is 2. The molecule has 1 aliphatic heterocycles. The predicted octanol–water partition coefficient (Wildman–Crippen LogP) is 2.06. The second kappa shape index (κ2) is 8.20. The normalized spacial score (nSPS) is 28.7. The van der Waals surface area contributed by atoms with Crippen molar-refractivity contribution in [1.29, 1.82) is 0 Å². The molecule has 2 aromatic rings. The van der Waals surface area contributed by atoms with E-state index in [0.717, 1.165) is 0 Å². The number of H-pyrrole nitrogens is 1. The van der Waals surface area contributed by atoms with Gasteiger partial charge in [-0.1, -0.05) is 18.2 Å². The maximum atomic E-state index is 12.1. The summed E-state index contributed by atoms with van der Waals surface area (Å²) in [5.41, 5.74) is -2.15. The minimum absolute atomic E-state index is 0.0256. The van der Waals surface area contributed by atoms with Gasteiger partial charge in [-0.05, 0) is 38.2 Å². The first-order chi connectivity index (χ1) is 13.2. The van der Waals surface area contributed by atoms with Crippen LogP contribution in [0.1, 0.15) is 20.1 Å². The molecule has 9 nitrogen and oxygen atoms in total. The third kappa shape index (κ3) is 4.22. The van der Waals surface area contributed by atoms with E-state index < -0.39 is 44.0 Å². The Labute approximate surface area is 166 Å². The molecule has 1 aromatic heterocycles. The molecule has 0 radical (unpaired) electrons. The van der Waals surface area contributed by atoms with E-state index in [1.54, 1.807) is 37.3 Å². The average molecular weight is 427 g/mol. The van der Waals surface area contributed by atoms with E-state index in [-0.39, 0.29) is 4.77 Å². The number of ether oxygens (including phenoxy) is 1. The average Bonchev–Trinajstić information content (AvgIpc) is 2.86. The lowest BCUT2D eigenvalue weighted by molar-refractivity contribution is -0.100. The standard InChI is InChI=1S/C17H19N2O7PS/c1-10(25-27(23)26-11-6-4-3-5-7-11)13-14(21)17(2,22)15(24-13)19-9-8-12(20)18-16(19)28/h3-10,13-15,21-22H,1-2H3/p+1. The Balaban J connectivity index is 1.74. The first-order valence-corrected chi connectivity index (χ1v) is 9.95. The smallest absolute Gasteiger partial charge is 0.387 e. The molecular weight excluding hydrogens is 407 g/mol. The van der Waals surface area contributed by atoms with Crippen LogP contribution in [-0.2, 0) is 13.8 Å². The van der Waals surface area contributed by atoms with Crippen molar-refractivity contribution in [2.24, 2.45) is 0 Å². The van der Waals surface area contributed by atoms with Crippen LogP contribution in [0.2, 0.25) is 0 Å². The van der Waals surface area contributed by atoms with E-state index in [1.807, 2.05) is 0 Å². The fourth-order valence-corrected chi connectivity index (χ4v) is 3.94. The minimum atomic E-state index is -2.54. The number of rotatable bonds is 6. The number of aromatic amines is 1. The summed E-state index contributed by atoms with van der Waals surface area (Å²) in [5, 5.41) is 21.3. The third-order valence-electron chi connectivity index (χ3n) is 4.44. The maximum Gasteiger partial charge on any atom is 0.750 e. The van der Waals surface area contributed by atoms with Gasteiger partial charge >= 0.3 is 8.25 Å². The largest absolute Gasteiger partial charge is 0.750 e. The number of hydrogen-bond donors (Lipinski definition) is 3. The van der Waals surface area contributed by atoms with Gasteiger partial charge in [0.15, 0.2) is 16.7 Å². The van der Waals surface area contributed by atoms with Gasteiger partial charge in [-0.15, -0.1) is 4.52 Å². The summed E-state index contributed by atoms with van der Waals surface area (Å²) in [6.45, 7) is 2.92. The van der Waals surface area contributed by atoms with Crippen molar-refractivity contribution < 1.29 is 28.6 Å². The van der Waals surface area contributed by atoms with Gasteiger partial charge < -0.3 is 14.9 Å². The number of benzene rings is 1. The van der Waals surface area contributed by atoms with Crippen LogP contribution >= 0.6 is 20.5 Å². The molecule has 3 N–H and O–H groups in total. The third-order valence-corrected chi connectivity index (χ3v) is 5.62. The maximum absolute atomic E-state index is 12.1. The Kier molecular flexibility index (Phi) is 6.09. The van der Waals surface area contributed by atoms with E-state index in [9.17, 15) is 19.6 Å². The Morgan fingerprint density at radius 1 is 1.36 bits per heavy atom. The molecule has 6 unspecified atom stereocenters. The van der Waals surface area contributed by atoms with Crippen LogP contribution in [0.5, 0.6) is 5.75 Å². The van der Waals surface area contributed by atoms with Crippen molar-refractivity contribution in [1.82, 2.24) is 9.55 Å². The van der Waals surface area contributed by atoms with E-state index in [0.29, 0.717) is 5.75 Å². The van der Waals surface area contributed by atoms with Crippen LogP contribution in [0.3, 0.4) is 0 Å². The molecule has 0 aliphatic carbocycles. The van der Waals surface area contributed by atoms with Crippen LogP contribution in [0.25, 0.3) is 0 Å². The fraction of sp³-hybridized carbons (Fsp3) is 0.412. The first-order valence-electron chi connectivity index (χ1n) is 8.44. The molecule has 6 atom stereocenters. The Morgan fingerprint density at radius 3 is 2.68 bits per heavy atom. The van der Waals surface area contributed by atoms with Gasteiger partial charge in [0.05, 0.1) is 0 Å². The molecule has 28 heavy (non-hydrogen) atoms. The summed E-state index contributed by atoms with van der Waals surface area (Å²) in [4.78, 5) is 13.8.